The molecular formula is C13H22O2. The molecule has 0 saturated heterocycles. The summed E-state index contributed by atoms with van der Waals surface area (Å²) in [6.07, 6.45) is 7.75. The Hall–Kier alpha value is -0.530. The Bertz CT molecular complexity index is 235. The van der Waals surface area contributed by atoms with E-state index in [1.807, 2.05) is 13.8 Å². The summed E-state index contributed by atoms with van der Waals surface area (Å²) in [7, 11) is 0. The Kier molecular flexibility index (Phi) is 3.03. The number of hydrogen-bond acceptors (Lipinski definition) is 2. The summed E-state index contributed by atoms with van der Waals surface area (Å²) < 4.78 is 5.32. The van der Waals surface area contributed by atoms with E-state index in [9.17, 15) is 4.79 Å². The van der Waals surface area contributed by atoms with Crippen LogP contribution in [0.2, 0.25) is 0 Å². The minimum Gasteiger partial charge on any atom is -0.465 e. The van der Waals surface area contributed by atoms with E-state index in [0.717, 1.165) is 6.42 Å². The molecule has 1 spiro atoms. The summed E-state index contributed by atoms with van der Waals surface area (Å²) in [6, 6.07) is 0. The fourth-order valence-electron chi connectivity index (χ4n) is 2.88. The van der Waals surface area contributed by atoms with E-state index in [1.165, 1.54) is 32.1 Å². The van der Waals surface area contributed by atoms with Gasteiger partial charge in [0.15, 0.2) is 0 Å². The van der Waals surface area contributed by atoms with Crippen molar-refractivity contribution in [3.05, 3.63) is 0 Å². The second kappa shape index (κ2) is 4.15. The van der Waals surface area contributed by atoms with Crippen molar-refractivity contribution in [1.82, 2.24) is 0 Å². The van der Waals surface area contributed by atoms with Gasteiger partial charge in [-0.15, -0.1) is 0 Å². The molecule has 0 aromatic carbocycles. The summed E-state index contributed by atoms with van der Waals surface area (Å²) >= 11 is 0. The van der Waals surface area contributed by atoms with E-state index >= 15 is 0 Å². The minimum atomic E-state index is -0.00735. The lowest BCUT2D eigenvalue weighted by Gasteiger charge is -2.54. The van der Waals surface area contributed by atoms with Gasteiger partial charge in [0.05, 0.1) is 12.5 Å². The van der Waals surface area contributed by atoms with Crippen LogP contribution in [0.4, 0.5) is 0 Å². The lowest BCUT2D eigenvalue weighted by molar-refractivity contribution is -0.154. The van der Waals surface area contributed by atoms with Crippen LogP contribution in [0.15, 0.2) is 0 Å². The Balaban J connectivity index is 1.61. The van der Waals surface area contributed by atoms with Crippen LogP contribution >= 0.6 is 0 Å². The third kappa shape index (κ3) is 2.19. The summed E-state index contributed by atoms with van der Waals surface area (Å²) in [5, 5.41) is 0. The molecular weight excluding hydrogens is 188 g/mol. The maximum absolute atomic E-state index is 11.4. The maximum Gasteiger partial charge on any atom is 0.308 e. The van der Waals surface area contributed by atoms with Gasteiger partial charge in [0, 0.05) is 0 Å². The second-order valence-corrected chi connectivity index (χ2v) is 5.57. The molecule has 2 nitrogen and oxygen atoms in total. The summed E-state index contributed by atoms with van der Waals surface area (Å²) in [5.74, 6) is 0.730. The van der Waals surface area contributed by atoms with Crippen molar-refractivity contribution in [2.45, 2.75) is 52.4 Å². The predicted octanol–water partition coefficient (Wildman–Crippen LogP) is 3.16. The monoisotopic (exact) mass is 210 g/mol. The van der Waals surface area contributed by atoms with E-state index in [2.05, 4.69) is 0 Å². The number of esters is 1. The van der Waals surface area contributed by atoms with Crippen molar-refractivity contribution < 1.29 is 9.53 Å². The van der Waals surface area contributed by atoms with Gasteiger partial charge in [0.2, 0.25) is 0 Å². The number of carbonyl (C=O) groups excluding carboxylic acids is 1. The SMILES string of the molecule is CCC(C)C(=O)OCC1CC2(CCC2)C1. The van der Waals surface area contributed by atoms with E-state index in [4.69, 9.17) is 4.74 Å². The first-order valence-corrected chi connectivity index (χ1v) is 6.32. The molecule has 0 heterocycles. The zero-order chi connectivity index (χ0) is 10.9. The van der Waals surface area contributed by atoms with Crippen molar-refractivity contribution in [1.29, 1.82) is 0 Å². The van der Waals surface area contributed by atoms with Crippen LogP contribution in [0.3, 0.4) is 0 Å². The van der Waals surface area contributed by atoms with Crippen LogP contribution in [0.25, 0.3) is 0 Å². The van der Waals surface area contributed by atoms with Crippen molar-refractivity contribution >= 4 is 5.97 Å². The molecule has 2 saturated carbocycles. The molecule has 0 aliphatic heterocycles. The molecule has 0 bridgehead atoms. The fraction of sp³-hybridized carbons (Fsp3) is 0.923. The zero-order valence-electron chi connectivity index (χ0n) is 9.92. The third-order valence-electron chi connectivity index (χ3n) is 4.33. The molecule has 2 rings (SSSR count). The predicted molar refractivity (Wildman–Crippen MR) is 59.4 cm³/mol. The highest BCUT2D eigenvalue weighted by molar-refractivity contribution is 5.71. The van der Waals surface area contributed by atoms with E-state index in [0.29, 0.717) is 17.9 Å². The van der Waals surface area contributed by atoms with Crippen molar-refractivity contribution in [2.24, 2.45) is 17.3 Å². The molecule has 0 aromatic rings. The second-order valence-electron chi connectivity index (χ2n) is 5.57. The average molecular weight is 210 g/mol. The Morgan fingerprint density at radius 1 is 1.47 bits per heavy atom. The van der Waals surface area contributed by atoms with Crippen LogP contribution in [0.5, 0.6) is 0 Å². The Morgan fingerprint density at radius 3 is 2.60 bits per heavy atom. The van der Waals surface area contributed by atoms with Crippen molar-refractivity contribution in [3.8, 4) is 0 Å². The third-order valence-corrected chi connectivity index (χ3v) is 4.33. The topological polar surface area (TPSA) is 26.3 Å². The largest absolute Gasteiger partial charge is 0.465 e. The highest BCUT2D eigenvalue weighted by atomic mass is 16.5. The standard InChI is InChI=1S/C13H22O2/c1-3-10(2)12(14)15-9-11-7-13(8-11)5-4-6-13/h10-11H,3-9H2,1-2H3. The Morgan fingerprint density at radius 2 is 2.13 bits per heavy atom. The normalized spacial score (nSPS) is 25.5. The molecule has 86 valence electrons. The van der Waals surface area contributed by atoms with Crippen LogP contribution in [-0.2, 0) is 9.53 Å². The van der Waals surface area contributed by atoms with Gasteiger partial charge in [-0.05, 0) is 43.4 Å². The lowest BCUT2D eigenvalue weighted by atomic mass is 9.52. The molecule has 0 N–H and O–H groups in total. The molecule has 0 amide bonds. The van der Waals surface area contributed by atoms with Gasteiger partial charge in [-0.1, -0.05) is 20.3 Å². The zero-order valence-corrected chi connectivity index (χ0v) is 9.92. The number of rotatable bonds is 4. The molecule has 2 heteroatoms. The summed E-state index contributed by atoms with van der Waals surface area (Å²) in [6.45, 7) is 4.64. The first-order valence-electron chi connectivity index (χ1n) is 6.32. The minimum absolute atomic E-state index is 0.00735. The van der Waals surface area contributed by atoms with Crippen LogP contribution in [0.1, 0.15) is 52.4 Å². The summed E-state index contributed by atoms with van der Waals surface area (Å²) in [4.78, 5) is 11.4. The van der Waals surface area contributed by atoms with Crippen molar-refractivity contribution in [3.63, 3.8) is 0 Å². The number of hydrogen-bond donors (Lipinski definition) is 0. The molecule has 1 unspecified atom stereocenters. The maximum atomic E-state index is 11.4. The quantitative estimate of drug-likeness (QED) is 0.666. The first-order chi connectivity index (χ1) is 7.15. The van der Waals surface area contributed by atoms with Gasteiger partial charge < -0.3 is 4.74 Å². The average Bonchev–Trinajstić information content (AvgIpc) is 2.11. The van der Waals surface area contributed by atoms with E-state index < -0.39 is 0 Å². The molecule has 2 aliphatic carbocycles. The fourth-order valence-corrected chi connectivity index (χ4v) is 2.88. The van der Waals surface area contributed by atoms with E-state index in [-0.39, 0.29) is 11.9 Å². The summed E-state index contributed by atoms with van der Waals surface area (Å²) in [5.41, 5.74) is 0.702. The first kappa shape index (κ1) is 11.0. The molecule has 0 radical (unpaired) electrons. The van der Waals surface area contributed by atoms with Gasteiger partial charge in [0.25, 0.3) is 0 Å². The van der Waals surface area contributed by atoms with Crippen LogP contribution < -0.4 is 0 Å². The van der Waals surface area contributed by atoms with Crippen LogP contribution in [-0.4, -0.2) is 12.6 Å². The van der Waals surface area contributed by atoms with Gasteiger partial charge in [-0.3, -0.25) is 4.79 Å². The molecule has 2 fully saturated rings. The highest BCUT2D eigenvalue weighted by Crippen LogP contribution is 2.58. The highest BCUT2D eigenvalue weighted by Gasteiger charge is 2.48. The molecule has 2 aliphatic rings. The Labute approximate surface area is 92.4 Å². The molecule has 1 atom stereocenters. The van der Waals surface area contributed by atoms with Gasteiger partial charge in [-0.2, -0.15) is 0 Å². The number of carbonyl (C=O) groups is 1. The molecule has 15 heavy (non-hydrogen) atoms. The number of ether oxygens (including phenoxy) is 1. The van der Waals surface area contributed by atoms with Crippen molar-refractivity contribution in [2.75, 3.05) is 6.61 Å². The van der Waals surface area contributed by atoms with E-state index in [1.54, 1.807) is 0 Å². The smallest absolute Gasteiger partial charge is 0.308 e. The van der Waals surface area contributed by atoms with Gasteiger partial charge >= 0.3 is 5.97 Å². The van der Waals surface area contributed by atoms with Gasteiger partial charge in [-0.25, -0.2) is 0 Å². The molecule has 0 aromatic heterocycles. The van der Waals surface area contributed by atoms with Gasteiger partial charge in [0.1, 0.15) is 0 Å². The lowest BCUT2D eigenvalue weighted by Crippen LogP contribution is -2.44. The van der Waals surface area contributed by atoms with Crippen LogP contribution in [0, 0.1) is 17.3 Å².